The van der Waals surface area contributed by atoms with E-state index in [9.17, 15) is 26.0 Å². The van der Waals surface area contributed by atoms with Gasteiger partial charge in [-0.25, -0.2) is 26.0 Å². The summed E-state index contributed by atoms with van der Waals surface area (Å²) in [5.41, 5.74) is -0.912. The first-order chi connectivity index (χ1) is 6.68. The molecule has 15 heavy (non-hydrogen) atoms. The molecule has 0 aliphatic heterocycles. The molecular weight excluding hydrogens is 304 g/mol. The topological polar surface area (TPSA) is 34.1 Å². The highest BCUT2D eigenvalue weighted by atomic mass is 79.9. The fourth-order valence-corrected chi connectivity index (χ4v) is 2.40. The molecule has 0 radical (unpaired) electrons. The second-order valence-corrected chi connectivity index (χ2v) is 6.49. The standard InChI is InChI=1S/C7H3BrF4O2S/c1-2-3(9)5(11)7(15(8,13)14)6(12)4(2)10/h1H3. The molecule has 1 aromatic rings. The van der Waals surface area contributed by atoms with E-state index in [1.54, 1.807) is 0 Å². The predicted molar refractivity (Wildman–Crippen MR) is 47.1 cm³/mol. The Morgan fingerprint density at radius 2 is 1.27 bits per heavy atom. The maximum Gasteiger partial charge on any atom is 0.243 e. The van der Waals surface area contributed by atoms with Gasteiger partial charge in [0.2, 0.25) is 8.27 Å². The highest BCUT2D eigenvalue weighted by Gasteiger charge is 2.30. The van der Waals surface area contributed by atoms with Crippen LogP contribution in [0.1, 0.15) is 5.56 Å². The molecule has 0 fully saturated rings. The van der Waals surface area contributed by atoms with Crippen molar-refractivity contribution in [3.05, 3.63) is 28.8 Å². The number of hydrogen-bond donors (Lipinski definition) is 0. The van der Waals surface area contributed by atoms with Crippen molar-refractivity contribution in [1.82, 2.24) is 0 Å². The van der Waals surface area contributed by atoms with Gasteiger partial charge in [-0.2, -0.15) is 0 Å². The van der Waals surface area contributed by atoms with Crippen LogP contribution in [0.25, 0.3) is 0 Å². The van der Waals surface area contributed by atoms with E-state index < -0.39 is 42.0 Å². The Morgan fingerprint density at radius 1 is 0.933 bits per heavy atom. The minimum absolute atomic E-state index is 0.793. The molecule has 0 saturated carbocycles. The summed E-state index contributed by atoms with van der Waals surface area (Å²) < 4.78 is 73.4. The molecule has 8 heteroatoms. The predicted octanol–water partition coefficient (Wildman–Crippen LogP) is 2.64. The van der Waals surface area contributed by atoms with Crippen LogP contribution in [0.3, 0.4) is 0 Å². The Balaban J connectivity index is 3.84. The Kier molecular flexibility index (Phi) is 3.11. The lowest BCUT2D eigenvalue weighted by atomic mass is 10.2. The van der Waals surface area contributed by atoms with Crippen molar-refractivity contribution in [3.8, 4) is 0 Å². The van der Waals surface area contributed by atoms with Crippen LogP contribution in [0, 0.1) is 30.2 Å². The van der Waals surface area contributed by atoms with Crippen LogP contribution in [0.5, 0.6) is 0 Å². The van der Waals surface area contributed by atoms with Gasteiger partial charge in [-0.05, 0) is 6.92 Å². The van der Waals surface area contributed by atoms with Gasteiger partial charge in [0.1, 0.15) is 0 Å². The third-order valence-electron chi connectivity index (χ3n) is 1.69. The van der Waals surface area contributed by atoms with Gasteiger partial charge in [0.15, 0.2) is 28.2 Å². The Bertz CT molecular complexity index is 497. The summed E-state index contributed by atoms with van der Waals surface area (Å²) in [6.45, 7) is 0.793. The van der Waals surface area contributed by atoms with Gasteiger partial charge < -0.3 is 0 Å². The number of benzene rings is 1. The van der Waals surface area contributed by atoms with Gasteiger partial charge in [-0.1, -0.05) is 0 Å². The summed E-state index contributed by atoms with van der Waals surface area (Å²) in [4.78, 5) is -1.66. The Morgan fingerprint density at radius 3 is 1.53 bits per heavy atom. The van der Waals surface area contributed by atoms with E-state index in [2.05, 4.69) is 0 Å². The summed E-state index contributed by atoms with van der Waals surface area (Å²) in [7, 11) is -4.54. The van der Waals surface area contributed by atoms with Gasteiger partial charge in [0.05, 0.1) is 14.8 Å². The smallest absolute Gasteiger partial charge is 0.212 e. The molecule has 0 aromatic heterocycles. The first kappa shape index (κ1) is 12.4. The van der Waals surface area contributed by atoms with Crippen LogP contribution < -0.4 is 0 Å². The molecule has 84 valence electrons. The average molecular weight is 307 g/mol. The van der Waals surface area contributed by atoms with Crippen molar-refractivity contribution in [2.24, 2.45) is 0 Å². The third kappa shape index (κ3) is 2.00. The van der Waals surface area contributed by atoms with E-state index in [1.807, 2.05) is 14.8 Å². The maximum absolute atomic E-state index is 13.0. The number of rotatable bonds is 1. The lowest BCUT2D eigenvalue weighted by Gasteiger charge is -2.06. The molecule has 1 aromatic carbocycles. The van der Waals surface area contributed by atoms with Gasteiger partial charge in [0.25, 0.3) is 0 Å². The van der Waals surface area contributed by atoms with Gasteiger partial charge in [-0.15, -0.1) is 0 Å². The molecule has 0 spiro atoms. The van der Waals surface area contributed by atoms with Crippen molar-refractivity contribution in [3.63, 3.8) is 0 Å². The van der Waals surface area contributed by atoms with Crippen LogP contribution in [-0.2, 0) is 8.27 Å². The minimum Gasteiger partial charge on any atom is -0.212 e. The second-order valence-electron chi connectivity index (χ2n) is 2.65. The van der Waals surface area contributed by atoms with Gasteiger partial charge >= 0.3 is 0 Å². The summed E-state index contributed by atoms with van der Waals surface area (Å²) in [6, 6.07) is 0. The molecule has 1 rings (SSSR count). The van der Waals surface area contributed by atoms with Crippen molar-refractivity contribution in [2.45, 2.75) is 11.8 Å². The van der Waals surface area contributed by atoms with Crippen molar-refractivity contribution in [1.29, 1.82) is 0 Å². The summed E-state index contributed by atoms with van der Waals surface area (Å²) in [5.74, 6) is -7.34. The van der Waals surface area contributed by atoms with E-state index in [-0.39, 0.29) is 0 Å². The maximum atomic E-state index is 13.0. The normalized spacial score (nSPS) is 11.9. The molecule has 2 nitrogen and oxygen atoms in total. The van der Waals surface area contributed by atoms with Crippen molar-refractivity contribution >= 4 is 23.1 Å². The van der Waals surface area contributed by atoms with E-state index in [4.69, 9.17) is 0 Å². The van der Waals surface area contributed by atoms with Crippen molar-refractivity contribution in [2.75, 3.05) is 0 Å². The van der Waals surface area contributed by atoms with Crippen LogP contribution in [0.2, 0.25) is 0 Å². The van der Waals surface area contributed by atoms with E-state index in [0.29, 0.717) is 0 Å². The SMILES string of the molecule is Cc1c(F)c(F)c(S(=O)(=O)Br)c(F)c1F. The largest absolute Gasteiger partial charge is 0.243 e. The summed E-state index contributed by atoms with van der Waals surface area (Å²) in [5, 5.41) is 0. The van der Waals surface area contributed by atoms with Gasteiger partial charge in [0, 0.05) is 5.56 Å². The Hall–Kier alpha value is -0.630. The highest BCUT2D eigenvalue weighted by Crippen LogP contribution is 2.29. The molecule has 0 aliphatic carbocycles. The molecule has 0 amide bonds. The van der Waals surface area contributed by atoms with Crippen molar-refractivity contribution < 1.29 is 26.0 Å². The molecule has 0 N–H and O–H groups in total. The Labute approximate surface area is 90.0 Å². The van der Waals surface area contributed by atoms with Crippen LogP contribution >= 0.6 is 14.8 Å². The number of halogens is 5. The summed E-state index contributed by atoms with van der Waals surface area (Å²) >= 11 is 1.94. The van der Waals surface area contributed by atoms with E-state index >= 15 is 0 Å². The molecule has 0 heterocycles. The molecule has 0 aliphatic rings. The van der Waals surface area contributed by atoms with Gasteiger partial charge in [-0.3, -0.25) is 0 Å². The first-order valence-electron chi connectivity index (χ1n) is 3.45. The lowest BCUT2D eigenvalue weighted by Crippen LogP contribution is -2.08. The lowest BCUT2D eigenvalue weighted by molar-refractivity contribution is 0.413. The quantitative estimate of drug-likeness (QED) is 0.454. The molecule has 0 atom stereocenters. The zero-order valence-electron chi connectivity index (χ0n) is 7.11. The van der Waals surface area contributed by atoms with Crippen LogP contribution in [0.15, 0.2) is 4.90 Å². The van der Waals surface area contributed by atoms with Crippen LogP contribution in [0.4, 0.5) is 17.6 Å². The molecule has 0 unspecified atom stereocenters. The highest BCUT2D eigenvalue weighted by molar-refractivity contribution is 9.47. The first-order valence-corrected chi connectivity index (χ1v) is 6.77. The van der Waals surface area contributed by atoms with E-state index in [0.717, 1.165) is 6.92 Å². The minimum atomic E-state index is -4.54. The fourth-order valence-electron chi connectivity index (χ4n) is 0.935. The number of hydrogen-bond acceptors (Lipinski definition) is 2. The molecular formula is C7H3BrF4O2S. The van der Waals surface area contributed by atoms with E-state index in [1.165, 1.54) is 0 Å². The fraction of sp³-hybridized carbons (Fsp3) is 0.143. The zero-order valence-corrected chi connectivity index (χ0v) is 9.52. The summed E-state index contributed by atoms with van der Waals surface area (Å²) in [6.07, 6.45) is 0. The molecule has 0 saturated heterocycles. The second kappa shape index (κ2) is 3.75. The third-order valence-corrected chi connectivity index (χ3v) is 3.50. The monoisotopic (exact) mass is 306 g/mol. The average Bonchev–Trinajstić information content (AvgIpc) is 2.09. The van der Waals surface area contributed by atoms with Crippen LogP contribution in [-0.4, -0.2) is 8.42 Å². The zero-order chi connectivity index (χ0) is 12.0. The molecule has 0 bridgehead atoms.